The molecule has 0 bridgehead atoms. The van der Waals surface area contributed by atoms with Gasteiger partial charge in [0.2, 0.25) is 0 Å². The summed E-state index contributed by atoms with van der Waals surface area (Å²) in [5.74, 6) is -0.178. The first-order valence-corrected chi connectivity index (χ1v) is 5.38. The summed E-state index contributed by atoms with van der Waals surface area (Å²) in [6.07, 6.45) is 2.85. The minimum Gasteiger partial charge on any atom is -0.363 e. The third-order valence-corrected chi connectivity index (χ3v) is 2.43. The highest BCUT2D eigenvalue weighted by atomic mass is 19.1. The lowest BCUT2D eigenvalue weighted by Gasteiger charge is -2.07. The van der Waals surface area contributed by atoms with Crippen molar-refractivity contribution < 1.29 is 4.39 Å². The fourth-order valence-corrected chi connectivity index (χ4v) is 1.49. The van der Waals surface area contributed by atoms with E-state index in [0.717, 1.165) is 0 Å². The Labute approximate surface area is 109 Å². The summed E-state index contributed by atoms with van der Waals surface area (Å²) in [4.78, 5) is 7.79. The van der Waals surface area contributed by atoms with Crippen LogP contribution in [-0.2, 0) is 6.54 Å². The molecule has 0 atom stereocenters. The summed E-state index contributed by atoms with van der Waals surface area (Å²) in [6.45, 7) is 0.158. The molecule has 5 nitrogen and oxygen atoms in total. The van der Waals surface area contributed by atoms with Crippen LogP contribution < -0.4 is 5.32 Å². The molecule has 0 aliphatic heterocycles. The summed E-state index contributed by atoms with van der Waals surface area (Å²) in [6, 6.07) is 7.97. The Morgan fingerprint density at radius 3 is 2.63 bits per heavy atom. The number of nitrogens with zero attached hydrogens (tertiary/aromatic N) is 4. The first-order valence-electron chi connectivity index (χ1n) is 5.38. The van der Waals surface area contributed by atoms with Gasteiger partial charge in [0, 0.05) is 24.5 Å². The average molecular weight is 253 g/mol. The molecular weight excluding hydrogens is 245 g/mol. The van der Waals surface area contributed by atoms with Crippen molar-refractivity contribution in [1.82, 2.24) is 9.97 Å². The molecule has 0 amide bonds. The topological polar surface area (TPSA) is 85.4 Å². The van der Waals surface area contributed by atoms with Crippen molar-refractivity contribution in [1.29, 1.82) is 10.5 Å². The molecule has 0 aliphatic rings. The molecule has 0 spiro atoms. The van der Waals surface area contributed by atoms with E-state index in [-0.39, 0.29) is 17.8 Å². The number of anilines is 1. The lowest BCUT2D eigenvalue weighted by molar-refractivity contribution is 0.612. The molecule has 0 fully saturated rings. The molecule has 19 heavy (non-hydrogen) atoms. The van der Waals surface area contributed by atoms with Crippen LogP contribution in [0.2, 0.25) is 0 Å². The van der Waals surface area contributed by atoms with Crippen LogP contribution in [0.3, 0.4) is 0 Å². The second kappa shape index (κ2) is 5.56. The van der Waals surface area contributed by atoms with Crippen molar-refractivity contribution in [2.24, 2.45) is 0 Å². The molecule has 0 saturated carbocycles. The van der Waals surface area contributed by atoms with Gasteiger partial charge in [0.15, 0.2) is 11.5 Å². The highest BCUT2D eigenvalue weighted by Gasteiger charge is 2.06. The summed E-state index contributed by atoms with van der Waals surface area (Å²) < 4.78 is 13.6. The fraction of sp³-hybridized carbons (Fsp3) is 0.0769. The Bertz CT molecular complexity index is 684. The smallest absolute Gasteiger partial charge is 0.182 e. The predicted molar refractivity (Wildman–Crippen MR) is 65.2 cm³/mol. The monoisotopic (exact) mass is 253 g/mol. The number of benzene rings is 1. The molecule has 6 heteroatoms. The zero-order chi connectivity index (χ0) is 13.7. The van der Waals surface area contributed by atoms with Crippen LogP contribution in [0.15, 0.2) is 30.6 Å². The maximum Gasteiger partial charge on any atom is 0.182 e. The van der Waals surface area contributed by atoms with E-state index >= 15 is 0 Å². The standard InChI is InChI=1S/C13H8FN5/c14-11-5-9(6-15)1-2-10(11)8-19-13-12(7-16)17-3-4-18-13/h1-5H,8H2,(H,18,19). The van der Waals surface area contributed by atoms with E-state index in [1.54, 1.807) is 0 Å². The Kier molecular flexibility index (Phi) is 3.65. The molecule has 0 radical (unpaired) electrons. The number of hydrogen-bond donors (Lipinski definition) is 1. The molecule has 2 rings (SSSR count). The predicted octanol–water partition coefficient (Wildman–Crippen LogP) is 1.97. The maximum absolute atomic E-state index is 13.6. The average Bonchev–Trinajstić information content (AvgIpc) is 2.46. The van der Waals surface area contributed by atoms with Gasteiger partial charge in [0.05, 0.1) is 11.6 Å². The van der Waals surface area contributed by atoms with Crippen LogP contribution in [-0.4, -0.2) is 9.97 Å². The van der Waals surface area contributed by atoms with Crippen molar-refractivity contribution >= 4 is 5.82 Å². The normalized spacial score (nSPS) is 9.42. The Morgan fingerprint density at radius 2 is 1.95 bits per heavy atom. The van der Waals surface area contributed by atoms with E-state index in [2.05, 4.69) is 15.3 Å². The third kappa shape index (κ3) is 2.82. The molecular formula is C13H8FN5. The van der Waals surface area contributed by atoms with Gasteiger partial charge >= 0.3 is 0 Å². The quantitative estimate of drug-likeness (QED) is 0.903. The van der Waals surface area contributed by atoms with Gasteiger partial charge in [-0.3, -0.25) is 0 Å². The number of hydrogen-bond acceptors (Lipinski definition) is 5. The van der Waals surface area contributed by atoms with Gasteiger partial charge in [-0.2, -0.15) is 10.5 Å². The molecule has 1 aromatic heterocycles. The Balaban J connectivity index is 2.16. The summed E-state index contributed by atoms with van der Waals surface area (Å²) in [5.41, 5.74) is 0.795. The summed E-state index contributed by atoms with van der Waals surface area (Å²) in [5, 5.41) is 20.3. The van der Waals surface area contributed by atoms with Crippen molar-refractivity contribution in [3.05, 3.63) is 53.2 Å². The largest absolute Gasteiger partial charge is 0.363 e. The van der Waals surface area contributed by atoms with Gasteiger partial charge in [-0.25, -0.2) is 14.4 Å². The summed E-state index contributed by atoms with van der Waals surface area (Å²) >= 11 is 0. The zero-order valence-corrected chi connectivity index (χ0v) is 9.76. The number of nitrogens with one attached hydrogen (secondary N) is 1. The molecule has 1 N–H and O–H groups in total. The van der Waals surface area contributed by atoms with Gasteiger partial charge in [0.1, 0.15) is 11.9 Å². The van der Waals surface area contributed by atoms with E-state index in [0.29, 0.717) is 11.4 Å². The van der Waals surface area contributed by atoms with E-state index in [9.17, 15) is 4.39 Å². The highest BCUT2D eigenvalue weighted by molar-refractivity contribution is 5.47. The van der Waals surface area contributed by atoms with Crippen molar-refractivity contribution in [2.75, 3.05) is 5.32 Å². The first kappa shape index (κ1) is 12.5. The Hall–Kier alpha value is -2.99. The van der Waals surface area contributed by atoms with Crippen LogP contribution in [0.5, 0.6) is 0 Å². The van der Waals surface area contributed by atoms with Gasteiger partial charge in [-0.1, -0.05) is 6.07 Å². The highest BCUT2D eigenvalue weighted by Crippen LogP contribution is 2.13. The minimum atomic E-state index is -0.478. The van der Waals surface area contributed by atoms with Crippen LogP contribution in [0, 0.1) is 28.5 Å². The fourth-order valence-electron chi connectivity index (χ4n) is 1.49. The minimum absolute atomic E-state index is 0.150. The van der Waals surface area contributed by atoms with E-state index < -0.39 is 5.82 Å². The number of aromatic nitrogens is 2. The van der Waals surface area contributed by atoms with Crippen LogP contribution in [0.1, 0.15) is 16.8 Å². The Morgan fingerprint density at radius 1 is 1.16 bits per heavy atom. The zero-order valence-electron chi connectivity index (χ0n) is 9.76. The van der Waals surface area contributed by atoms with E-state index in [4.69, 9.17) is 10.5 Å². The van der Waals surface area contributed by atoms with Gasteiger partial charge < -0.3 is 5.32 Å². The van der Waals surface area contributed by atoms with Crippen LogP contribution in [0.25, 0.3) is 0 Å². The number of nitriles is 2. The van der Waals surface area contributed by atoms with Crippen LogP contribution in [0.4, 0.5) is 10.2 Å². The SMILES string of the molecule is N#Cc1ccc(CNc2nccnc2C#N)c(F)c1. The van der Waals surface area contributed by atoms with E-state index in [1.807, 2.05) is 12.1 Å². The molecule has 2 aromatic rings. The lowest BCUT2D eigenvalue weighted by atomic mass is 10.1. The second-order valence-electron chi connectivity index (χ2n) is 3.64. The van der Waals surface area contributed by atoms with Crippen LogP contribution >= 0.6 is 0 Å². The number of rotatable bonds is 3. The van der Waals surface area contributed by atoms with Crippen molar-refractivity contribution in [2.45, 2.75) is 6.54 Å². The molecule has 0 unspecified atom stereocenters. The van der Waals surface area contributed by atoms with E-state index in [1.165, 1.54) is 30.6 Å². The first-order chi connectivity index (χ1) is 9.24. The maximum atomic E-state index is 13.6. The van der Waals surface area contributed by atoms with Gasteiger partial charge in [-0.15, -0.1) is 0 Å². The van der Waals surface area contributed by atoms with Gasteiger partial charge in [-0.05, 0) is 12.1 Å². The van der Waals surface area contributed by atoms with Crippen molar-refractivity contribution in [3.63, 3.8) is 0 Å². The third-order valence-electron chi connectivity index (χ3n) is 2.43. The molecule has 1 heterocycles. The van der Waals surface area contributed by atoms with Crippen molar-refractivity contribution in [3.8, 4) is 12.1 Å². The lowest BCUT2D eigenvalue weighted by Crippen LogP contribution is -2.06. The number of halogens is 1. The summed E-state index contributed by atoms with van der Waals surface area (Å²) in [7, 11) is 0. The second-order valence-corrected chi connectivity index (χ2v) is 3.64. The molecule has 0 aliphatic carbocycles. The molecule has 92 valence electrons. The molecule has 1 aromatic carbocycles. The molecule has 0 saturated heterocycles. The van der Waals surface area contributed by atoms with Gasteiger partial charge in [0.25, 0.3) is 0 Å².